The molecule has 1 atom stereocenters. The molecule has 0 saturated carbocycles. The van der Waals surface area contributed by atoms with Crippen molar-refractivity contribution < 1.29 is 4.74 Å². The van der Waals surface area contributed by atoms with Crippen molar-refractivity contribution in [3.05, 3.63) is 32.7 Å². The maximum Gasteiger partial charge on any atom is 0.161 e. The zero-order valence-electron chi connectivity index (χ0n) is 11.3. The van der Waals surface area contributed by atoms with Crippen molar-refractivity contribution in [1.82, 2.24) is 15.1 Å². The van der Waals surface area contributed by atoms with Crippen molar-refractivity contribution in [2.75, 3.05) is 13.7 Å². The minimum atomic E-state index is 0.0942. The van der Waals surface area contributed by atoms with E-state index in [-0.39, 0.29) is 6.04 Å². The molecule has 0 spiro atoms. The van der Waals surface area contributed by atoms with E-state index in [0.717, 1.165) is 28.9 Å². The van der Waals surface area contributed by atoms with Crippen molar-refractivity contribution in [2.24, 2.45) is 7.05 Å². The number of thiophene rings is 1. The van der Waals surface area contributed by atoms with Gasteiger partial charge in [0.1, 0.15) is 5.69 Å². The Morgan fingerprint density at radius 3 is 2.95 bits per heavy atom. The van der Waals surface area contributed by atoms with Crippen molar-refractivity contribution >= 4 is 27.3 Å². The average molecular weight is 344 g/mol. The van der Waals surface area contributed by atoms with E-state index in [2.05, 4.69) is 44.7 Å². The fourth-order valence-electron chi connectivity index (χ4n) is 2.03. The molecular formula is C13H18BrN3OS. The summed E-state index contributed by atoms with van der Waals surface area (Å²) in [5.74, 6) is 0.816. The van der Waals surface area contributed by atoms with E-state index in [1.165, 1.54) is 4.88 Å². The second kappa shape index (κ2) is 6.54. The summed E-state index contributed by atoms with van der Waals surface area (Å²) in [5.41, 5.74) is 1.05. The summed E-state index contributed by atoms with van der Waals surface area (Å²) < 4.78 is 8.42. The number of nitrogens with one attached hydrogen (secondary N) is 1. The average Bonchev–Trinajstić information content (AvgIpc) is 2.98. The fourth-order valence-corrected chi connectivity index (χ4v) is 3.71. The standard InChI is InChI=1S/C13H18BrN3OS/c1-4-6-15-11(13-9(14)5-7-19-13)12-10(18-3)8-16-17(12)2/h5,7-8,11,15H,4,6H2,1-3H3. The lowest BCUT2D eigenvalue weighted by atomic mass is 10.1. The number of rotatable bonds is 6. The first kappa shape index (κ1) is 14.6. The van der Waals surface area contributed by atoms with Gasteiger partial charge in [0.15, 0.2) is 5.75 Å². The normalized spacial score (nSPS) is 12.6. The molecule has 0 aromatic carbocycles. The summed E-state index contributed by atoms with van der Waals surface area (Å²) in [4.78, 5) is 1.25. The highest BCUT2D eigenvalue weighted by atomic mass is 79.9. The zero-order chi connectivity index (χ0) is 13.8. The van der Waals surface area contributed by atoms with Gasteiger partial charge in [-0.05, 0) is 40.3 Å². The van der Waals surface area contributed by atoms with Gasteiger partial charge < -0.3 is 10.1 Å². The second-order valence-corrected chi connectivity index (χ2v) is 6.04. The Kier molecular flexibility index (Phi) is 5.01. The first-order valence-corrected chi connectivity index (χ1v) is 7.88. The van der Waals surface area contributed by atoms with Crippen LogP contribution in [0.3, 0.4) is 0 Å². The Morgan fingerprint density at radius 1 is 1.58 bits per heavy atom. The molecule has 2 rings (SSSR count). The summed E-state index contributed by atoms with van der Waals surface area (Å²) in [6.45, 7) is 3.11. The van der Waals surface area contributed by atoms with Crippen LogP contribution < -0.4 is 10.1 Å². The number of methoxy groups -OCH3 is 1. The van der Waals surface area contributed by atoms with Crippen LogP contribution in [0.15, 0.2) is 22.1 Å². The lowest BCUT2D eigenvalue weighted by molar-refractivity contribution is 0.401. The van der Waals surface area contributed by atoms with Crippen LogP contribution in [0.4, 0.5) is 0 Å². The highest BCUT2D eigenvalue weighted by molar-refractivity contribution is 9.10. The molecule has 0 bridgehead atoms. The van der Waals surface area contributed by atoms with Crippen molar-refractivity contribution in [1.29, 1.82) is 0 Å². The SMILES string of the molecule is CCCNC(c1sccc1Br)c1c(OC)cnn1C. The van der Waals surface area contributed by atoms with Gasteiger partial charge in [-0.3, -0.25) is 4.68 Å². The van der Waals surface area contributed by atoms with Crippen molar-refractivity contribution in [3.8, 4) is 5.75 Å². The Hall–Kier alpha value is -0.850. The Morgan fingerprint density at radius 2 is 2.37 bits per heavy atom. The van der Waals surface area contributed by atoms with Crippen LogP contribution in [0.1, 0.15) is 30.0 Å². The van der Waals surface area contributed by atoms with E-state index in [4.69, 9.17) is 4.74 Å². The highest BCUT2D eigenvalue weighted by Gasteiger charge is 2.24. The van der Waals surface area contributed by atoms with Gasteiger partial charge in [-0.15, -0.1) is 11.3 Å². The summed E-state index contributed by atoms with van der Waals surface area (Å²) >= 11 is 5.34. The van der Waals surface area contributed by atoms with Gasteiger partial charge in [-0.1, -0.05) is 6.92 Å². The largest absolute Gasteiger partial charge is 0.493 e. The molecular weight excluding hydrogens is 326 g/mol. The molecule has 1 unspecified atom stereocenters. The van der Waals surface area contributed by atoms with Gasteiger partial charge in [0.2, 0.25) is 0 Å². The van der Waals surface area contributed by atoms with Crippen molar-refractivity contribution in [2.45, 2.75) is 19.4 Å². The zero-order valence-corrected chi connectivity index (χ0v) is 13.7. The van der Waals surface area contributed by atoms with E-state index < -0.39 is 0 Å². The van der Waals surface area contributed by atoms with E-state index in [1.807, 2.05) is 11.7 Å². The molecule has 2 aromatic heterocycles. The summed E-state index contributed by atoms with van der Waals surface area (Å²) in [5, 5.41) is 9.95. The number of ether oxygens (including phenoxy) is 1. The van der Waals surface area contributed by atoms with Crippen LogP contribution in [0, 0.1) is 0 Å². The molecule has 104 valence electrons. The number of aryl methyl sites for hydroxylation is 1. The van der Waals surface area contributed by atoms with E-state index in [0.29, 0.717) is 0 Å². The molecule has 2 aromatic rings. The third-order valence-corrected chi connectivity index (χ3v) is 4.88. The Balaban J connectivity index is 2.42. The Bertz CT molecular complexity index is 538. The molecule has 0 saturated heterocycles. The molecule has 0 fully saturated rings. The first-order chi connectivity index (χ1) is 9.19. The van der Waals surface area contributed by atoms with E-state index >= 15 is 0 Å². The fraction of sp³-hybridized carbons (Fsp3) is 0.462. The topological polar surface area (TPSA) is 39.1 Å². The van der Waals surface area contributed by atoms with Gasteiger partial charge >= 0.3 is 0 Å². The van der Waals surface area contributed by atoms with Gasteiger partial charge in [-0.25, -0.2) is 0 Å². The van der Waals surface area contributed by atoms with Crippen molar-refractivity contribution in [3.63, 3.8) is 0 Å². The van der Waals surface area contributed by atoms with Crippen LogP contribution >= 0.6 is 27.3 Å². The van der Waals surface area contributed by atoms with Gasteiger partial charge in [-0.2, -0.15) is 5.10 Å². The number of hydrogen-bond donors (Lipinski definition) is 1. The third-order valence-electron chi connectivity index (χ3n) is 2.95. The molecule has 0 aliphatic carbocycles. The Labute approximate surface area is 125 Å². The molecule has 19 heavy (non-hydrogen) atoms. The van der Waals surface area contributed by atoms with Gasteiger partial charge in [0, 0.05) is 16.4 Å². The minimum Gasteiger partial charge on any atom is -0.493 e. The molecule has 6 heteroatoms. The quantitative estimate of drug-likeness (QED) is 0.874. The number of aromatic nitrogens is 2. The lowest BCUT2D eigenvalue weighted by Crippen LogP contribution is -2.25. The lowest BCUT2D eigenvalue weighted by Gasteiger charge is -2.19. The predicted octanol–water partition coefficient (Wildman–Crippen LogP) is 3.34. The maximum absolute atomic E-state index is 5.43. The van der Waals surface area contributed by atoms with Crippen LogP contribution in [0.5, 0.6) is 5.75 Å². The number of hydrogen-bond acceptors (Lipinski definition) is 4. The third kappa shape index (κ3) is 3.01. The monoisotopic (exact) mass is 343 g/mol. The van der Waals surface area contributed by atoms with Crippen LogP contribution in [-0.4, -0.2) is 23.4 Å². The molecule has 0 aliphatic heterocycles. The molecule has 0 aliphatic rings. The van der Waals surface area contributed by atoms with Gasteiger partial charge in [0.05, 0.1) is 19.3 Å². The molecule has 0 radical (unpaired) electrons. The highest BCUT2D eigenvalue weighted by Crippen LogP contribution is 2.36. The van der Waals surface area contributed by atoms with Gasteiger partial charge in [0.25, 0.3) is 0 Å². The summed E-state index contributed by atoms with van der Waals surface area (Å²) in [6.07, 6.45) is 2.84. The number of halogens is 1. The van der Waals surface area contributed by atoms with E-state index in [9.17, 15) is 0 Å². The predicted molar refractivity (Wildman–Crippen MR) is 81.9 cm³/mol. The summed E-state index contributed by atoms with van der Waals surface area (Å²) in [6, 6.07) is 2.17. The molecule has 4 nitrogen and oxygen atoms in total. The maximum atomic E-state index is 5.43. The molecule has 1 N–H and O–H groups in total. The van der Waals surface area contributed by atoms with Crippen LogP contribution in [-0.2, 0) is 7.05 Å². The second-order valence-electron chi connectivity index (χ2n) is 4.24. The molecule has 0 amide bonds. The van der Waals surface area contributed by atoms with Crippen LogP contribution in [0.25, 0.3) is 0 Å². The minimum absolute atomic E-state index is 0.0942. The molecule has 2 heterocycles. The first-order valence-electron chi connectivity index (χ1n) is 6.21. The van der Waals surface area contributed by atoms with E-state index in [1.54, 1.807) is 24.6 Å². The smallest absolute Gasteiger partial charge is 0.161 e. The van der Waals surface area contributed by atoms with Crippen LogP contribution in [0.2, 0.25) is 0 Å². The number of nitrogens with zero attached hydrogens (tertiary/aromatic N) is 2. The summed E-state index contributed by atoms with van der Waals surface area (Å²) in [7, 11) is 3.63.